The van der Waals surface area contributed by atoms with Crippen molar-refractivity contribution < 1.29 is 4.79 Å². The molecule has 1 aromatic carbocycles. The van der Waals surface area contributed by atoms with Crippen LogP contribution in [0.25, 0.3) is 22.3 Å². The third-order valence-corrected chi connectivity index (χ3v) is 5.33. The molecule has 1 fully saturated rings. The summed E-state index contributed by atoms with van der Waals surface area (Å²) in [4.78, 5) is 30.5. The SMILES string of the molecule is Nc1ccc(C(=O)Nc2cc(-c3nc(NC4CCNC4)c4ccncc4n3)ccn2)cc1. The first-order valence-electron chi connectivity index (χ1n) is 10.4. The molecule has 1 unspecified atom stereocenters. The predicted molar refractivity (Wildman–Crippen MR) is 124 cm³/mol. The Labute approximate surface area is 184 Å². The second-order valence-corrected chi connectivity index (χ2v) is 7.63. The van der Waals surface area contributed by atoms with Gasteiger partial charge in [0.25, 0.3) is 5.91 Å². The molecule has 1 amide bonds. The molecule has 0 radical (unpaired) electrons. The second-order valence-electron chi connectivity index (χ2n) is 7.63. The number of carbonyl (C=O) groups excluding carboxylic acids is 1. The quantitative estimate of drug-likeness (QED) is 0.358. The van der Waals surface area contributed by atoms with Gasteiger partial charge in [-0.3, -0.25) is 9.78 Å². The molecule has 1 atom stereocenters. The summed E-state index contributed by atoms with van der Waals surface area (Å²) in [7, 11) is 0. The maximum Gasteiger partial charge on any atom is 0.256 e. The Hall–Kier alpha value is -4.11. The highest BCUT2D eigenvalue weighted by atomic mass is 16.1. The van der Waals surface area contributed by atoms with E-state index in [1.807, 2.05) is 12.1 Å². The fourth-order valence-electron chi connectivity index (χ4n) is 3.65. The molecule has 0 spiro atoms. The monoisotopic (exact) mass is 426 g/mol. The molecular weight excluding hydrogens is 404 g/mol. The Morgan fingerprint density at radius 1 is 1.09 bits per heavy atom. The molecule has 5 N–H and O–H groups in total. The van der Waals surface area contributed by atoms with Crippen LogP contribution in [0.5, 0.6) is 0 Å². The van der Waals surface area contributed by atoms with Crippen molar-refractivity contribution in [2.75, 3.05) is 29.5 Å². The van der Waals surface area contributed by atoms with Crippen LogP contribution in [0.3, 0.4) is 0 Å². The van der Waals surface area contributed by atoms with Crippen LogP contribution in [0.1, 0.15) is 16.8 Å². The third kappa shape index (κ3) is 4.19. The summed E-state index contributed by atoms with van der Waals surface area (Å²) in [6.45, 7) is 1.87. The number of nitrogens with zero attached hydrogens (tertiary/aromatic N) is 4. The summed E-state index contributed by atoms with van der Waals surface area (Å²) in [6.07, 6.45) is 6.12. The standard InChI is InChI=1S/C23H22N8O/c24-16-3-1-14(2-4-16)23(32)30-20-11-15(5-10-27-20)21-29-19-13-26-9-7-18(19)22(31-21)28-17-6-8-25-12-17/h1-5,7,9-11,13,17,25H,6,8,12,24H2,(H,27,30,32)(H,28,29,31). The van der Waals surface area contributed by atoms with Crippen molar-refractivity contribution in [2.45, 2.75) is 12.5 Å². The summed E-state index contributed by atoms with van der Waals surface area (Å²) in [5.41, 5.74) is 8.28. The van der Waals surface area contributed by atoms with E-state index in [0.29, 0.717) is 28.9 Å². The van der Waals surface area contributed by atoms with Crippen molar-refractivity contribution in [1.82, 2.24) is 25.3 Å². The first-order valence-corrected chi connectivity index (χ1v) is 10.4. The molecular formula is C23H22N8O. The Morgan fingerprint density at radius 3 is 2.78 bits per heavy atom. The number of rotatable bonds is 5. The predicted octanol–water partition coefficient (Wildman–Crippen LogP) is 2.70. The minimum absolute atomic E-state index is 0.269. The number of carbonyl (C=O) groups is 1. The van der Waals surface area contributed by atoms with Crippen molar-refractivity contribution in [3.8, 4) is 11.4 Å². The maximum absolute atomic E-state index is 12.5. The average molecular weight is 426 g/mol. The molecule has 0 bridgehead atoms. The molecule has 5 rings (SSSR count). The van der Waals surface area contributed by atoms with E-state index < -0.39 is 0 Å². The number of anilines is 3. The van der Waals surface area contributed by atoms with Gasteiger partial charge in [-0.2, -0.15) is 0 Å². The number of nitrogen functional groups attached to an aromatic ring is 1. The Bertz CT molecular complexity index is 1270. The van der Waals surface area contributed by atoms with Crippen LogP contribution in [-0.4, -0.2) is 45.0 Å². The lowest BCUT2D eigenvalue weighted by Gasteiger charge is -2.15. The molecule has 0 aliphatic carbocycles. The van der Waals surface area contributed by atoms with Gasteiger partial charge in [-0.15, -0.1) is 0 Å². The van der Waals surface area contributed by atoms with Gasteiger partial charge in [-0.25, -0.2) is 15.0 Å². The lowest BCUT2D eigenvalue weighted by molar-refractivity contribution is 0.102. The zero-order valence-electron chi connectivity index (χ0n) is 17.2. The van der Waals surface area contributed by atoms with E-state index in [-0.39, 0.29) is 5.91 Å². The molecule has 0 saturated carbocycles. The fourth-order valence-corrected chi connectivity index (χ4v) is 3.65. The highest BCUT2D eigenvalue weighted by molar-refractivity contribution is 6.04. The van der Waals surface area contributed by atoms with Crippen molar-refractivity contribution in [1.29, 1.82) is 0 Å². The minimum Gasteiger partial charge on any atom is -0.399 e. The summed E-state index contributed by atoms with van der Waals surface area (Å²) in [6, 6.07) is 12.5. The summed E-state index contributed by atoms with van der Waals surface area (Å²) in [5.74, 6) is 1.44. The van der Waals surface area contributed by atoms with Gasteiger partial charge in [-0.1, -0.05) is 0 Å². The molecule has 4 aromatic rings. The van der Waals surface area contributed by atoms with Crippen LogP contribution in [0, 0.1) is 0 Å². The zero-order valence-corrected chi connectivity index (χ0v) is 17.2. The normalized spacial score (nSPS) is 15.6. The Kier molecular flexibility index (Phi) is 5.30. The topological polar surface area (TPSA) is 131 Å². The molecule has 9 nitrogen and oxygen atoms in total. The van der Waals surface area contributed by atoms with Crippen molar-refractivity contribution in [3.05, 3.63) is 66.6 Å². The number of amides is 1. The zero-order chi connectivity index (χ0) is 21.9. The van der Waals surface area contributed by atoms with Crippen LogP contribution < -0.4 is 21.7 Å². The lowest BCUT2D eigenvalue weighted by Crippen LogP contribution is -2.23. The van der Waals surface area contributed by atoms with Crippen LogP contribution in [0.15, 0.2) is 61.1 Å². The van der Waals surface area contributed by atoms with Crippen molar-refractivity contribution >= 4 is 34.1 Å². The largest absolute Gasteiger partial charge is 0.399 e. The van der Waals surface area contributed by atoms with E-state index in [1.54, 1.807) is 48.9 Å². The number of hydrogen-bond acceptors (Lipinski definition) is 8. The van der Waals surface area contributed by atoms with Gasteiger partial charge in [0, 0.05) is 47.2 Å². The number of nitrogens with two attached hydrogens (primary N) is 1. The van der Waals surface area contributed by atoms with Crippen molar-refractivity contribution in [2.24, 2.45) is 0 Å². The van der Waals surface area contributed by atoms with Gasteiger partial charge >= 0.3 is 0 Å². The summed E-state index contributed by atoms with van der Waals surface area (Å²) in [5, 5.41) is 10.6. The Balaban J connectivity index is 1.46. The van der Waals surface area contributed by atoms with Crippen molar-refractivity contribution in [3.63, 3.8) is 0 Å². The fraction of sp³-hybridized carbons (Fsp3) is 0.174. The molecule has 1 aliphatic heterocycles. The lowest BCUT2D eigenvalue weighted by atomic mass is 10.2. The van der Waals surface area contributed by atoms with E-state index >= 15 is 0 Å². The van der Waals surface area contributed by atoms with E-state index in [1.165, 1.54) is 0 Å². The average Bonchev–Trinajstić information content (AvgIpc) is 3.33. The number of hydrogen-bond donors (Lipinski definition) is 4. The third-order valence-electron chi connectivity index (χ3n) is 5.33. The highest BCUT2D eigenvalue weighted by Crippen LogP contribution is 2.26. The molecule has 3 aromatic heterocycles. The number of pyridine rings is 2. The van der Waals surface area contributed by atoms with Gasteiger partial charge < -0.3 is 21.7 Å². The van der Waals surface area contributed by atoms with Crippen LogP contribution in [0.4, 0.5) is 17.3 Å². The minimum atomic E-state index is -0.269. The van der Waals surface area contributed by atoms with Gasteiger partial charge in [0.1, 0.15) is 11.6 Å². The molecule has 4 heterocycles. The van der Waals surface area contributed by atoms with Crippen LogP contribution in [-0.2, 0) is 0 Å². The van der Waals surface area contributed by atoms with Gasteiger partial charge in [0.05, 0.1) is 11.7 Å². The highest BCUT2D eigenvalue weighted by Gasteiger charge is 2.18. The second kappa shape index (κ2) is 8.56. The number of fused-ring (bicyclic) bond motifs is 1. The van der Waals surface area contributed by atoms with E-state index in [9.17, 15) is 4.79 Å². The molecule has 9 heteroatoms. The number of nitrogens with one attached hydrogen (secondary N) is 3. The molecule has 32 heavy (non-hydrogen) atoms. The smallest absolute Gasteiger partial charge is 0.256 e. The summed E-state index contributed by atoms with van der Waals surface area (Å²) < 4.78 is 0. The van der Waals surface area contributed by atoms with E-state index in [4.69, 9.17) is 10.7 Å². The van der Waals surface area contributed by atoms with Crippen LogP contribution >= 0.6 is 0 Å². The number of benzene rings is 1. The molecule has 160 valence electrons. The van der Waals surface area contributed by atoms with Gasteiger partial charge in [0.15, 0.2) is 5.82 Å². The van der Waals surface area contributed by atoms with E-state index in [0.717, 1.165) is 41.8 Å². The summed E-state index contributed by atoms with van der Waals surface area (Å²) >= 11 is 0. The maximum atomic E-state index is 12.5. The first kappa shape index (κ1) is 19.8. The number of aromatic nitrogens is 4. The molecule has 1 aliphatic rings. The van der Waals surface area contributed by atoms with Gasteiger partial charge in [-0.05, 0) is 55.4 Å². The van der Waals surface area contributed by atoms with Gasteiger partial charge in [0.2, 0.25) is 0 Å². The Morgan fingerprint density at radius 2 is 1.97 bits per heavy atom. The van der Waals surface area contributed by atoms with Crippen LogP contribution in [0.2, 0.25) is 0 Å². The molecule has 1 saturated heterocycles. The van der Waals surface area contributed by atoms with E-state index in [2.05, 4.69) is 30.9 Å². The first-order chi connectivity index (χ1) is 15.7.